The van der Waals surface area contributed by atoms with Crippen molar-refractivity contribution < 1.29 is 13.2 Å². The molecule has 0 unspecified atom stereocenters. The van der Waals surface area contributed by atoms with Gasteiger partial charge in [0.25, 0.3) is 10.0 Å². The number of nitrogens with zero attached hydrogens (tertiary/aromatic N) is 3. The first kappa shape index (κ1) is 24.8. The topological polar surface area (TPSA) is 60.9 Å². The van der Waals surface area contributed by atoms with E-state index in [0.717, 1.165) is 16.8 Å². The summed E-state index contributed by atoms with van der Waals surface area (Å²) in [5.41, 5.74) is 3.72. The quantitative estimate of drug-likeness (QED) is 0.482. The van der Waals surface area contributed by atoms with E-state index in [1.807, 2.05) is 37.3 Å². The van der Waals surface area contributed by atoms with Gasteiger partial charge in [0, 0.05) is 31.9 Å². The van der Waals surface area contributed by atoms with Crippen LogP contribution in [0.15, 0.2) is 83.8 Å². The third-order valence-corrected chi connectivity index (χ3v) is 8.28. The van der Waals surface area contributed by atoms with Crippen molar-refractivity contribution in [2.75, 3.05) is 41.9 Å². The van der Waals surface area contributed by atoms with Crippen LogP contribution in [0.25, 0.3) is 0 Å². The average Bonchev–Trinajstić information content (AvgIpc) is 2.88. The third-order valence-electron chi connectivity index (χ3n) is 6.49. The van der Waals surface area contributed by atoms with E-state index in [2.05, 4.69) is 30.9 Å². The molecule has 1 fully saturated rings. The molecule has 7 heteroatoms. The summed E-state index contributed by atoms with van der Waals surface area (Å²) >= 11 is 0. The zero-order valence-corrected chi connectivity index (χ0v) is 21.4. The van der Waals surface area contributed by atoms with Gasteiger partial charge in [-0.25, -0.2) is 8.42 Å². The fourth-order valence-corrected chi connectivity index (χ4v) is 5.67. The highest BCUT2D eigenvalue weighted by molar-refractivity contribution is 7.92. The summed E-state index contributed by atoms with van der Waals surface area (Å²) in [6.07, 6.45) is 0. The molecule has 3 aromatic carbocycles. The molecule has 4 rings (SSSR count). The van der Waals surface area contributed by atoms with Crippen LogP contribution in [0, 0.1) is 6.92 Å². The Labute approximate surface area is 208 Å². The minimum absolute atomic E-state index is 0.178. The van der Waals surface area contributed by atoms with Gasteiger partial charge in [-0.3, -0.25) is 9.10 Å². The SMILES string of the molecule is Cc1ccc(S(=O)(=O)N(CC(=O)N2CCN(c3ccccc3)CC2)c2ccc(C(C)C)cc2)cc1. The van der Waals surface area contributed by atoms with Crippen molar-refractivity contribution in [2.45, 2.75) is 31.6 Å². The molecule has 1 saturated heterocycles. The van der Waals surface area contributed by atoms with E-state index in [0.29, 0.717) is 37.8 Å². The van der Waals surface area contributed by atoms with E-state index in [4.69, 9.17) is 0 Å². The minimum atomic E-state index is -3.92. The van der Waals surface area contributed by atoms with Crippen LogP contribution in [-0.4, -0.2) is 51.9 Å². The maximum Gasteiger partial charge on any atom is 0.264 e. The molecule has 1 aliphatic rings. The van der Waals surface area contributed by atoms with E-state index in [1.165, 1.54) is 4.31 Å². The zero-order valence-electron chi connectivity index (χ0n) is 20.6. The van der Waals surface area contributed by atoms with Gasteiger partial charge in [-0.05, 0) is 54.8 Å². The van der Waals surface area contributed by atoms with Crippen LogP contribution in [0.5, 0.6) is 0 Å². The number of hydrogen-bond acceptors (Lipinski definition) is 4. The van der Waals surface area contributed by atoms with Crippen molar-refractivity contribution in [1.82, 2.24) is 4.90 Å². The molecule has 1 heterocycles. The van der Waals surface area contributed by atoms with Crippen LogP contribution in [0.1, 0.15) is 30.9 Å². The second-order valence-electron chi connectivity index (χ2n) is 9.27. The molecule has 0 bridgehead atoms. The van der Waals surface area contributed by atoms with Crippen molar-refractivity contribution in [2.24, 2.45) is 0 Å². The predicted molar refractivity (Wildman–Crippen MR) is 141 cm³/mol. The van der Waals surface area contributed by atoms with E-state index in [1.54, 1.807) is 41.3 Å². The summed E-state index contributed by atoms with van der Waals surface area (Å²) in [6, 6.07) is 24.3. The van der Waals surface area contributed by atoms with Gasteiger partial charge >= 0.3 is 0 Å². The monoisotopic (exact) mass is 491 g/mol. The molecule has 0 atom stereocenters. The predicted octanol–water partition coefficient (Wildman–Crippen LogP) is 4.66. The molecule has 6 nitrogen and oxygen atoms in total. The average molecular weight is 492 g/mol. The molecule has 0 aromatic heterocycles. The fourth-order valence-electron chi connectivity index (χ4n) is 4.25. The van der Waals surface area contributed by atoms with Gasteiger partial charge < -0.3 is 9.80 Å². The van der Waals surface area contributed by atoms with Crippen molar-refractivity contribution in [3.63, 3.8) is 0 Å². The molecular weight excluding hydrogens is 458 g/mol. The molecule has 3 aromatic rings. The molecule has 0 aliphatic carbocycles. The lowest BCUT2D eigenvalue weighted by molar-refractivity contribution is -0.129. The summed E-state index contributed by atoms with van der Waals surface area (Å²) in [5, 5.41) is 0. The second-order valence-corrected chi connectivity index (χ2v) is 11.1. The summed E-state index contributed by atoms with van der Waals surface area (Å²) in [5.74, 6) is 0.134. The lowest BCUT2D eigenvalue weighted by atomic mass is 10.0. The molecular formula is C28H33N3O3S. The largest absolute Gasteiger partial charge is 0.368 e. The lowest BCUT2D eigenvalue weighted by Crippen LogP contribution is -2.52. The maximum atomic E-state index is 13.7. The first-order valence-corrected chi connectivity index (χ1v) is 13.5. The van der Waals surface area contributed by atoms with Gasteiger partial charge in [-0.1, -0.05) is 61.9 Å². The lowest BCUT2D eigenvalue weighted by Gasteiger charge is -2.37. The summed E-state index contributed by atoms with van der Waals surface area (Å²) in [6.45, 7) is 8.40. The Morgan fingerprint density at radius 1 is 0.857 bits per heavy atom. The van der Waals surface area contributed by atoms with Crippen LogP contribution in [0.2, 0.25) is 0 Å². The first-order chi connectivity index (χ1) is 16.8. The van der Waals surface area contributed by atoms with Crippen molar-refractivity contribution >= 4 is 27.3 Å². The van der Waals surface area contributed by atoms with Crippen molar-refractivity contribution in [3.8, 4) is 0 Å². The van der Waals surface area contributed by atoms with Gasteiger partial charge in [0.15, 0.2) is 0 Å². The number of anilines is 2. The van der Waals surface area contributed by atoms with Gasteiger partial charge in [0.05, 0.1) is 10.6 Å². The zero-order chi connectivity index (χ0) is 25.0. The smallest absolute Gasteiger partial charge is 0.264 e. The standard InChI is InChI=1S/C28H33N3O3S/c1-22(2)24-11-13-26(14-12-24)31(35(33,34)27-15-9-23(3)10-16-27)21-28(32)30-19-17-29(18-20-30)25-7-5-4-6-8-25/h4-16,22H,17-21H2,1-3H3. The van der Waals surface area contributed by atoms with Crippen molar-refractivity contribution in [3.05, 3.63) is 90.0 Å². The van der Waals surface area contributed by atoms with Crippen LogP contribution in [0.3, 0.4) is 0 Å². The number of para-hydroxylation sites is 1. The molecule has 1 aliphatic heterocycles. The molecule has 35 heavy (non-hydrogen) atoms. The Morgan fingerprint density at radius 2 is 1.46 bits per heavy atom. The van der Waals surface area contributed by atoms with E-state index in [9.17, 15) is 13.2 Å². The van der Waals surface area contributed by atoms with E-state index < -0.39 is 10.0 Å². The van der Waals surface area contributed by atoms with Crippen LogP contribution in [-0.2, 0) is 14.8 Å². The van der Waals surface area contributed by atoms with Crippen LogP contribution >= 0.6 is 0 Å². The fraction of sp³-hybridized carbons (Fsp3) is 0.321. The number of carbonyl (C=O) groups is 1. The van der Waals surface area contributed by atoms with Crippen LogP contribution in [0.4, 0.5) is 11.4 Å². The molecule has 0 radical (unpaired) electrons. The first-order valence-electron chi connectivity index (χ1n) is 12.0. The van der Waals surface area contributed by atoms with E-state index in [-0.39, 0.29) is 17.3 Å². The Balaban J connectivity index is 1.55. The summed E-state index contributed by atoms with van der Waals surface area (Å²) < 4.78 is 28.6. The highest BCUT2D eigenvalue weighted by Crippen LogP contribution is 2.26. The number of hydrogen-bond donors (Lipinski definition) is 0. The van der Waals surface area contributed by atoms with Gasteiger partial charge in [-0.2, -0.15) is 0 Å². The normalized spacial score (nSPS) is 14.3. The highest BCUT2D eigenvalue weighted by Gasteiger charge is 2.30. The molecule has 1 amide bonds. The summed E-state index contributed by atoms with van der Waals surface area (Å²) in [7, 11) is -3.92. The number of carbonyl (C=O) groups excluding carboxylic acids is 1. The van der Waals surface area contributed by atoms with E-state index >= 15 is 0 Å². The van der Waals surface area contributed by atoms with Gasteiger partial charge in [-0.15, -0.1) is 0 Å². The Bertz CT molecular complexity index is 1230. The maximum absolute atomic E-state index is 13.7. The van der Waals surface area contributed by atoms with Crippen LogP contribution < -0.4 is 9.21 Å². The second kappa shape index (κ2) is 10.5. The number of rotatable bonds is 7. The number of piperazine rings is 1. The van der Waals surface area contributed by atoms with Gasteiger partial charge in [0.1, 0.15) is 6.54 Å². The molecule has 0 saturated carbocycles. The Morgan fingerprint density at radius 3 is 2.03 bits per heavy atom. The number of aryl methyl sites for hydroxylation is 1. The van der Waals surface area contributed by atoms with Crippen molar-refractivity contribution in [1.29, 1.82) is 0 Å². The molecule has 0 spiro atoms. The number of benzene rings is 3. The highest BCUT2D eigenvalue weighted by atomic mass is 32.2. The number of sulfonamides is 1. The summed E-state index contributed by atoms with van der Waals surface area (Å²) in [4.78, 5) is 17.5. The number of amides is 1. The molecule has 0 N–H and O–H groups in total. The third kappa shape index (κ3) is 5.68. The Kier molecular flexibility index (Phi) is 7.45. The molecule has 184 valence electrons. The Hall–Kier alpha value is -3.32. The minimum Gasteiger partial charge on any atom is -0.368 e. The van der Waals surface area contributed by atoms with Gasteiger partial charge in [0.2, 0.25) is 5.91 Å².